The van der Waals surface area contributed by atoms with E-state index in [2.05, 4.69) is 0 Å². The number of piperidine rings is 1. The smallest absolute Gasteiger partial charge is 0.251 e. The molecule has 0 radical (unpaired) electrons. The van der Waals surface area contributed by atoms with Crippen molar-refractivity contribution in [2.24, 2.45) is 0 Å². The van der Waals surface area contributed by atoms with Crippen LogP contribution in [0.3, 0.4) is 0 Å². The number of rotatable bonds is 6. The van der Waals surface area contributed by atoms with E-state index >= 15 is 0 Å². The molecule has 1 N–H and O–H groups in total. The number of para-hydroxylation sites is 2. The quantitative estimate of drug-likeness (QED) is 0.865. The number of nitrogens with zero attached hydrogens (tertiary/aromatic N) is 1. The van der Waals surface area contributed by atoms with E-state index in [1.54, 1.807) is 12.0 Å². The number of amides is 1. The molecule has 1 atom stereocenters. The van der Waals surface area contributed by atoms with Crippen LogP contribution in [0.25, 0.3) is 0 Å². The fourth-order valence-electron chi connectivity index (χ4n) is 3.23. The summed E-state index contributed by atoms with van der Waals surface area (Å²) in [7, 11) is 1.62. The molecule has 0 aliphatic carbocycles. The van der Waals surface area contributed by atoms with E-state index in [0.29, 0.717) is 25.3 Å². The van der Waals surface area contributed by atoms with Crippen LogP contribution >= 0.6 is 0 Å². The van der Waals surface area contributed by atoms with Crippen LogP contribution in [0, 0.1) is 0 Å². The molecule has 1 aliphatic rings. The zero-order chi connectivity index (χ0) is 18.4. The molecular formula is C21H25NO4. The van der Waals surface area contributed by atoms with E-state index in [1.807, 2.05) is 54.6 Å². The summed E-state index contributed by atoms with van der Waals surface area (Å²) >= 11 is 0. The van der Waals surface area contributed by atoms with Gasteiger partial charge in [-0.15, -0.1) is 0 Å². The van der Waals surface area contributed by atoms with Crippen LogP contribution in [0.2, 0.25) is 0 Å². The summed E-state index contributed by atoms with van der Waals surface area (Å²) < 4.78 is 11.3. The molecule has 0 aromatic heterocycles. The maximum Gasteiger partial charge on any atom is 0.251 e. The first-order valence-corrected chi connectivity index (χ1v) is 8.98. The molecule has 3 rings (SSSR count). The van der Waals surface area contributed by atoms with Crippen LogP contribution in [0.1, 0.15) is 18.4 Å². The fraction of sp³-hybridized carbons (Fsp3) is 0.381. The van der Waals surface area contributed by atoms with Gasteiger partial charge in [-0.1, -0.05) is 42.5 Å². The molecule has 5 nitrogen and oxygen atoms in total. The van der Waals surface area contributed by atoms with Gasteiger partial charge in [0.05, 0.1) is 7.11 Å². The van der Waals surface area contributed by atoms with Crippen molar-refractivity contribution in [2.45, 2.75) is 31.5 Å². The lowest BCUT2D eigenvalue weighted by Crippen LogP contribution is -2.46. The summed E-state index contributed by atoms with van der Waals surface area (Å²) in [6.45, 7) is 1.18. The zero-order valence-corrected chi connectivity index (χ0v) is 15.0. The van der Waals surface area contributed by atoms with Gasteiger partial charge in [0, 0.05) is 32.4 Å². The first-order chi connectivity index (χ1) is 12.7. The number of methoxy groups -OCH3 is 1. The predicted molar refractivity (Wildman–Crippen MR) is 99.4 cm³/mol. The molecule has 0 spiro atoms. The highest BCUT2D eigenvalue weighted by Crippen LogP contribution is 2.29. The normalized spacial score (nSPS) is 16.2. The predicted octanol–water partition coefficient (Wildman–Crippen LogP) is 2.67. The SMILES string of the molecule is COc1ccccc1OC1CCN(C(=O)[C@@H](O)Cc2ccccc2)CC1. The molecule has 26 heavy (non-hydrogen) atoms. The second kappa shape index (κ2) is 8.72. The van der Waals surface area contributed by atoms with Crippen molar-refractivity contribution in [1.29, 1.82) is 0 Å². The Morgan fingerprint density at radius 2 is 1.69 bits per heavy atom. The first kappa shape index (κ1) is 18.3. The standard InChI is InChI=1S/C21H25NO4/c1-25-19-9-5-6-10-20(19)26-17-11-13-22(14-12-17)21(24)18(23)15-16-7-3-2-4-8-16/h2-10,17-18,23H,11-15H2,1H3/t18-/m0/s1. The van der Waals surface area contributed by atoms with E-state index in [0.717, 1.165) is 24.2 Å². The third kappa shape index (κ3) is 4.55. The monoisotopic (exact) mass is 355 g/mol. The van der Waals surface area contributed by atoms with Crippen molar-refractivity contribution in [3.05, 3.63) is 60.2 Å². The minimum Gasteiger partial charge on any atom is -0.493 e. The minimum atomic E-state index is -0.996. The molecule has 1 aliphatic heterocycles. The minimum absolute atomic E-state index is 0.0432. The largest absolute Gasteiger partial charge is 0.493 e. The van der Waals surface area contributed by atoms with E-state index in [9.17, 15) is 9.90 Å². The van der Waals surface area contributed by atoms with Crippen LogP contribution < -0.4 is 9.47 Å². The number of carbonyl (C=O) groups excluding carboxylic acids is 1. The topological polar surface area (TPSA) is 59.0 Å². The summed E-state index contributed by atoms with van der Waals surface area (Å²) in [6.07, 6.45) is 0.867. The van der Waals surface area contributed by atoms with Gasteiger partial charge >= 0.3 is 0 Å². The Hall–Kier alpha value is -2.53. The molecule has 2 aromatic rings. The van der Waals surface area contributed by atoms with Gasteiger partial charge in [0.2, 0.25) is 0 Å². The zero-order valence-electron chi connectivity index (χ0n) is 15.0. The molecule has 1 saturated heterocycles. The molecule has 0 unspecified atom stereocenters. The number of aliphatic hydroxyl groups is 1. The Bertz CT molecular complexity index is 711. The number of ether oxygens (including phenoxy) is 2. The summed E-state index contributed by atoms with van der Waals surface area (Å²) in [5, 5.41) is 10.3. The molecular weight excluding hydrogens is 330 g/mol. The Balaban J connectivity index is 1.50. The third-order valence-corrected chi connectivity index (χ3v) is 4.67. The van der Waals surface area contributed by atoms with Gasteiger partial charge in [-0.2, -0.15) is 0 Å². The van der Waals surface area contributed by atoms with Crippen molar-refractivity contribution in [2.75, 3.05) is 20.2 Å². The average Bonchev–Trinajstić information content (AvgIpc) is 2.69. The van der Waals surface area contributed by atoms with Crippen LogP contribution in [-0.2, 0) is 11.2 Å². The van der Waals surface area contributed by atoms with E-state index in [1.165, 1.54) is 0 Å². The third-order valence-electron chi connectivity index (χ3n) is 4.67. The fourth-order valence-corrected chi connectivity index (χ4v) is 3.23. The van der Waals surface area contributed by atoms with Gasteiger partial charge in [0.1, 0.15) is 12.2 Å². The summed E-state index contributed by atoms with van der Waals surface area (Å²) in [5.41, 5.74) is 0.961. The maximum atomic E-state index is 12.5. The number of likely N-dealkylation sites (tertiary alicyclic amines) is 1. The molecule has 5 heteroatoms. The van der Waals surface area contributed by atoms with Gasteiger partial charge < -0.3 is 19.5 Å². The van der Waals surface area contributed by atoms with Crippen molar-refractivity contribution in [1.82, 2.24) is 4.90 Å². The first-order valence-electron chi connectivity index (χ1n) is 8.98. The Labute approximate surface area is 154 Å². The van der Waals surface area contributed by atoms with Gasteiger partial charge in [-0.25, -0.2) is 0 Å². The lowest BCUT2D eigenvalue weighted by Gasteiger charge is -2.33. The molecule has 0 saturated carbocycles. The van der Waals surface area contributed by atoms with Crippen LogP contribution in [0.5, 0.6) is 11.5 Å². The summed E-state index contributed by atoms with van der Waals surface area (Å²) in [6, 6.07) is 17.2. The molecule has 1 fully saturated rings. The van der Waals surface area contributed by atoms with E-state index < -0.39 is 6.10 Å². The molecule has 1 heterocycles. The van der Waals surface area contributed by atoms with Crippen LogP contribution in [0.15, 0.2) is 54.6 Å². The lowest BCUT2D eigenvalue weighted by atomic mass is 10.0. The van der Waals surface area contributed by atoms with Gasteiger partial charge in [-0.05, 0) is 17.7 Å². The summed E-state index contributed by atoms with van der Waals surface area (Å²) in [4.78, 5) is 14.2. The molecule has 1 amide bonds. The van der Waals surface area contributed by atoms with Crippen LogP contribution in [-0.4, -0.2) is 48.3 Å². The maximum absolute atomic E-state index is 12.5. The van der Waals surface area contributed by atoms with Gasteiger partial charge in [-0.3, -0.25) is 4.79 Å². The van der Waals surface area contributed by atoms with Crippen molar-refractivity contribution in [3.8, 4) is 11.5 Å². The van der Waals surface area contributed by atoms with Crippen LogP contribution in [0.4, 0.5) is 0 Å². The number of hydrogen-bond acceptors (Lipinski definition) is 4. The van der Waals surface area contributed by atoms with E-state index in [-0.39, 0.29) is 12.0 Å². The van der Waals surface area contributed by atoms with Crippen molar-refractivity contribution >= 4 is 5.91 Å². The Kier molecular flexibility index (Phi) is 6.12. The second-order valence-electron chi connectivity index (χ2n) is 6.50. The summed E-state index contributed by atoms with van der Waals surface area (Å²) in [5.74, 6) is 1.23. The Morgan fingerprint density at radius 3 is 2.35 bits per heavy atom. The number of carbonyl (C=O) groups is 1. The average molecular weight is 355 g/mol. The van der Waals surface area contributed by atoms with Gasteiger partial charge in [0.25, 0.3) is 5.91 Å². The second-order valence-corrected chi connectivity index (χ2v) is 6.50. The Morgan fingerprint density at radius 1 is 1.08 bits per heavy atom. The molecule has 138 valence electrons. The number of benzene rings is 2. The van der Waals surface area contributed by atoms with Crippen molar-refractivity contribution in [3.63, 3.8) is 0 Å². The highest BCUT2D eigenvalue weighted by Gasteiger charge is 2.28. The number of aliphatic hydroxyl groups excluding tert-OH is 1. The lowest BCUT2D eigenvalue weighted by molar-refractivity contribution is -0.141. The van der Waals surface area contributed by atoms with Crippen molar-refractivity contribution < 1.29 is 19.4 Å². The highest BCUT2D eigenvalue weighted by molar-refractivity contribution is 5.81. The molecule has 0 bridgehead atoms. The number of hydrogen-bond donors (Lipinski definition) is 1. The highest BCUT2D eigenvalue weighted by atomic mass is 16.5. The molecule has 2 aromatic carbocycles. The van der Waals surface area contributed by atoms with E-state index in [4.69, 9.17) is 9.47 Å². The van der Waals surface area contributed by atoms with Gasteiger partial charge in [0.15, 0.2) is 11.5 Å².